The van der Waals surface area contributed by atoms with Crippen LogP contribution in [0.25, 0.3) is 0 Å². The Morgan fingerprint density at radius 1 is 1.33 bits per heavy atom. The van der Waals surface area contributed by atoms with Gasteiger partial charge < -0.3 is 0 Å². The molecule has 1 nitrogen and oxygen atoms in total. The Morgan fingerprint density at radius 3 is 2.22 bits per heavy atom. The monoisotopic (exact) mass is 121 g/mol. The normalized spacial score (nSPS) is 12.1. The average molecular weight is 121 g/mol. The van der Waals surface area contributed by atoms with Crippen molar-refractivity contribution in [2.24, 2.45) is 4.99 Å². The molecule has 0 atom stereocenters. The summed E-state index contributed by atoms with van der Waals surface area (Å²) in [5.74, 6) is 0. The van der Waals surface area contributed by atoms with Crippen molar-refractivity contribution in [3.8, 4) is 0 Å². The fourth-order valence-electron chi connectivity index (χ4n) is 0.355. The number of rotatable bonds is 0. The number of hydrogen-bond donors (Lipinski definition) is 0. The van der Waals surface area contributed by atoms with Crippen LogP contribution in [-0.2, 0) is 0 Å². The second kappa shape index (κ2) is 5.11. The highest BCUT2D eigenvalue weighted by Gasteiger charge is 1.77. The van der Waals surface area contributed by atoms with Crippen molar-refractivity contribution in [1.82, 2.24) is 0 Å². The molecule has 0 fully saturated rings. The van der Waals surface area contributed by atoms with E-state index in [9.17, 15) is 0 Å². The minimum Gasteiger partial charge on any atom is -0.252 e. The van der Waals surface area contributed by atoms with Crippen molar-refractivity contribution in [3.05, 3.63) is 23.7 Å². The zero-order valence-electron chi connectivity index (χ0n) is 6.10. The smallest absolute Gasteiger partial charge is 0.0773 e. The summed E-state index contributed by atoms with van der Waals surface area (Å²) in [5, 5.41) is 0. The fourth-order valence-corrected chi connectivity index (χ4v) is 0.355. The van der Waals surface area contributed by atoms with E-state index in [2.05, 4.69) is 16.5 Å². The van der Waals surface area contributed by atoms with Crippen molar-refractivity contribution >= 4 is 5.71 Å². The predicted octanol–water partition coefficient (Wildman–Crippen LogP) is 2.31. The van der Waals surface area contributed by atoms with Gasteiger partial charge in [0, 0.05) is 11.8 Å². The molecule has 1 aliphatic rings. The molecule has 9 heavy (non-hydrogen) atoms. The lowest BCUT2D eigenvalue weighted by Crippen LogP contribution is -1.80. The molecule has 1 heterocycles. The Hall–Kier alpha value is -1.03. The zero-order chi connectivity index (χ0) is 7.11. The molecule has 0 radical (unpaired) electrons. The van der Waals surface area contributed by atoms with E-state index in [4.69, 9.17) is 0 Å². The molecule has 1 rings (SSSR count). The van der Waals surface area contributed by atoms with Crippen LogP contribution >= 0.6 is 0 Å². The van der Waals surface area contributed by atoms with Crippen molar-refractivity contribution in [3.63, 3.8) is 0 Å². The number of nitrogens with zero attached hydrogens (tertiary/aromatic N) is 1. The van der Waals surface area contributed by atoms with Crippen LogP contribution in [0.15, 0.2) is 28.7 Å². The van der Waals surface area contributed by atoms with E-state index in [1.807, 2.05) is 20.8 Å². The van der Waals surface area contributed by atoms with Gasteiger partial charge in [-0.2, -0.15) is 0 Å². The zero-order valence-corrected chi connectivity index (χ0v) is 6.10. The van der Waals surface area contributed by atoms with Crippen molar-refractivity contribution in [1.29, 1.82) is 0 Å². The molecule has 0 saturated heterocycles. The highest BCUT2D eigenvalue weighted by Crippen LogP contribution is 1.83. The molecule has 0 N–H and O–H groups in total. The number of aliphatic imine (C=N–C) groups is 1. The number of allylic oxidation sites excluding steroid dienone is 1. The predicted molar refractivity (Wildman–Crippen MR) is 40.6 cm³/mol. The van der Waals surface area contributed by atoms with Crippen LogP contribution < -0.4 is 0 Å². The first kappa shape index (κ1) is 7.97. The summed E-state index contributed by atoms with van der Waals surface area (Å²) in [6.45, 7) is 5.92. The van der Waals surface area contributed by atoms with Gasteiger partial charge in [-0.25, -0.2) is 0 Å². The SMILES string of the molecule is CC.CC1=NC=C=C=C1. The molecular formula is C8H11N. The first-order valence-electron chi connectivity index (χ1n) is 3.10. The molecule has 0 aliphatic carbocycles. The maximum Gasteiger partial charge on any atom is 0.0773 e. The van der Waals surface area contributed by atoms with Gasteiger partial charge in [-0.3, -0.25) is 4.99 Å². The van der Waals surface area contributed by atoms with Crippen LogP contribution in [0.2, 0.25) is 0 Å². The summed E-state index contributed by atoms with van der Waals surface area (Å²) >= 11 is 0. The largest absolute Gasteiger partial charge is 0.252 e. The molecule has 1 aliphatic heterocycles. The number of hydrogen-bond acceptors (Lipinski definition) is 1. The van der Waals surface area contributed by atoms with Gasteiger partial charge in [-0.15, -0.1) is 0 Å². The first-order valence-corrected chi connectivity index (χ1v) is 3.10. The highest BCUT2D eigenvalue weighted by atomic mass is 14.7. The van der Waals surface area contributed by atoms with Crippen LogP contribution in [0.5, 0.6) is 0 Å². The second-order valence-corrected chi connectivity index (χ2v) is 1.33. The van der Waals surface area contributed by atoms with E-state index >= 15 is 0 Å². The first-order chi connectivity index (χ1) is 4.39. The Labute approximate surface area is 56.1 Å². The van der Waals surface area contributed by atoms with Crippen molar-refractivity contribution < 1.29 is 0 Å². The molecule has 0 amide bonds. The lowest BCUT2D eigenvalue weighted by Gasteiger charge is -1.82. The molecule has 0 saturated carbocycles. The van der Waals surface area contributed by atoms with Gasteiger partial charge in [-0.1, -0.05) is 25.3 Å². The minimum absolute atomic E-state index is 0.985. The van der Waals surface area contributed by atoms with E-state index in [0.29, 0.717) is 0 Å². The van der Waals surface area contributed by atoms with Crippen LogP contribution in [0.1, 0.15) is 20.8 Å². The maximum absolute atomic E-state index is 3.89. The van der Waals surface area contributed by atoms with Crippen LogP contribution in [0.3, 0.4) is 0 Å². The van der Waals surface area contributed by atoms with Gasteiger partial charge in [0.15, 0.2) is 0 Å². The average Bonchev–Trinajstić information content (AvgIpc) is 1.94. The van der Waals surface area contributed by atoms with E-state index in [0.717, 1.165) is 5.71 Å². The topological polar surface area (TPSA) is 12.4 Å². The molecule has 48 valence electrons. The summed E-state index contributed by atoms with van der Waals surface area (Å²) in [6, 6.07) is 0. The van der Waals surface area contributed by atoms with E-state index in [1.165, 1.54) is 0 Å². The van der Waals surface area contributed by atoms with Crippen LogP contribution in [0, 0.1) is 0 Å². The standard InChI is InChI=1S/C6H5N.C2H6/c1-6-4-2-3-5-7-6;1-2/h4-5H,1H3;1-2H3. The van der Waals surface area contributed by atoms with Gasteiger partial charge >= 0.3 is 0 Å². The Kier molecular flexibility index (Phi) is 4.53. The van der Waals surface area contributed by atoms with E-state index in [1.54, 1.807) is 12.3 Å². The van der Waals surface area contributed by atoms with E-state index in [-0.39, 0.29) is 0 Å². The quantitative estimate of drug-likeness (QED) is 0.436. The third kappa shape index (κ3) is 3.54. The van der Waals surface area contributed by atoms with Crippen molar-refractivity contribution in [2.75, 3.05) is 0 Å². The molecule has 0 aromatic carbocycles. The van der Waals surface area contributed by atoms with Crippen LogP contribution in [-0.4, -0.2) is 5.71 Å². The molecule has 1 heteroatoms. The summed E-state index contributed by atoms with van der Waals surface area (Å²) in [7, 11) is 0. The maximum atomic E-state index is 3.89. The van der Waals surface area contributed by atoms with E-state index < -0.39 is 0 Å². The van der Waals surface area contributed by atoms with Gasteiger partial charge in [0.25, 0.3) is 0 Å². The summed E-state index contributed by atoms with van der Waals surface area (Å²) in [6.07, 6.45) is 3.40. The van der Waals surface area contributed by atoms with Gasteiger partial charge in [-0.05, 0) is 6.92 Å². The lowest BCUT2D eigenvalue weighted by molar-refractivity contribution is 1.50. The van der Waals surface area contributed by atoms with Gasteiger partial charge in [0.2, 0.25) is 0 Å². The Bertz CT molecular complexity index is 187. The third-order valence-corrected chi connectivity index (χ3v) is 0.697. The molecule has 0 bridgehead atoms. The third-order valence-electron chi connectivity index (χ3n) is 0.697. The summed E-state index contributed by atoms with van der Waals surface area (Å²) < 4.78 is 0. The fraction of sp³-hybridized carbons (Fsp3) is 0.375. The van der Waals surface area contributed by atoms with Gasteiger partial charge in [0.05, 0.1) is 6.20 Å². The van der Waals surface area contributed by atoms with Crippen LogP contribution in [0.4, 0.5) is 0 Å². The van der Waals surface area contributed by atoms with Gasteiger partial charge in [0.1, 0.15) is 0 Å². The molecule has 0 spiro atoms. The molecular weight excluding hydrogens is 110 g/mol. The molecule has 0 aromatic heterocycles. The Morgan fingerprint density at radius 2 is 2.00 bits per heavy atom. The highest BCUT2D eigenvalue weighted by molar-refractivity contribution is 5.93. The lowest BCUT2D eigenvalue weighted by atomic mass is 10.4. The summed E-state index contributed by atoms with van der Waals surface area (Å²) in [5.41, 5.74) is 6.46. The molecule has 0 unspecified atom stereocenters. The summed E-state index contributed by atoms with van der Waals surface area (Å²) in [4.78, 5) is 3.89. The molecule has 0 aromatic rings. The minimum atomic E-state index is 0.985. The Balaban J connectivity index is 0.000000291. The second-order valence-electron chi connectivity index (χ2n) is 1.33. The van der Waals surface area contributed by atoms with Crippen molar-refractivity contribution in [2.45, 2.75) is 20.8 Å².